The minimum atomic E-state index is -0.754. The maximum atomic E-state index is 12.0. The molecule has 0 fully saturated rings. The molecule has 0 heterocycles. The standard InChI is InChI=1S/C35H43NO6/c1-5-6-7-8-9-13-20-42-33-24-32(37)28(21-26-14-11-10-12-15-26)23-29(33)25-36(2)30-18-16-27(17-19-30)22-31(34(38)40-3)35(39)41-4/h10-12,14-19,22-24,37H,5-9,13,20-21,25H2,1-4H3. The van der Waals surface area contributed by atoms with Gasteiger partial charge in [0.25, 0.3) is 0 Å². The van der Waals surface area contributed by atoms with E-state index in [9.17, 15) is 14.7 Å². The lowest BCUT2D eigenvalue weighted by Crippen LogP contribution is -2.17. The van der Waals surface area contributed by atoms with E-state index >= 15 is 0 Å². The molecule has 3 aromatic carbocycles. The number of hydrogen-bond donors (Lipinski definition) is 1. The van der Waals surface area contributed by atoms with Crippen LogP contribution >= 0.6 is 0 Å². The number of phenolic OH excluding ortho intramolecular Hbond substituents is 1. The highest BCUT2D eigenvalue weighted by Crippen LogP contribution is 2.32. The van der Waals surface area contributed by atoms with Crippen LogP contribution in [0.2, 0.25) is 0 Å². The maximum Gasteiger partial charge on any atom is 0.345 e. The van der Waals surface area contributed by atoms with Crippen molar-refractivity contribution in [2.24, 2.45) is 0 Å². The number of phenols is 1. The fraction of sp³-hybridized carbons (Fsp3) is 0.371. The zero-order chi connectivity index (χ0) is 30.3. The van der Waals surface area contributed by atoms with Crippen molar-refractivity contribution < 1.29 is 28.9 Å². The number of hydrogen-bond acceptors (Lipinski definition) is 7. The van der Waals surface area contributed by atoms with Gasteiger partial charge in [-0.15, -0.1) is 0 Å². The topological polar surface area (TPSA) is 85.3 Å². The van der Waals surface area contributed by atoms with Crippen molar-refractivity contribution in [2.45, 2.75) is 58.4 Å². The minimum Gasteiger partial charge on any atom is -0.508 e. The lowest BCUT2D eigenvalue weighted by molar-refractivity contribution is -0.143. The van der Waals surface area contributed by atoms with Crippen LogP contribution in [0.25, 0.3) is 6.08 Å². The molecule has 0 aliphatic carbocycles. The molecule has 7 heteroatoms. The Morgan fingerprint density at radius 1 is 0.833 bits per heavy atom. The highest BCUT2D eigenvalue weighted by molar-refractivity contribution is 6.17. The Kier molecular flexibility index (Phi) is 13.0. The molecule has 0 radical (unpaired) electrons. The molecule has 3 aromatic rings. The molecule has 0 saturated carbocycles. The fourth-order valence-corrected chi connectivity index (χ4v) is 4.70. The number of benzene rings is 3. The third kappa shape index (κ3) is 9.68. The van der Waals surface area contributed by atoms with Gasteiger partial charge in [0.15, 0.2) is 0 Å². The second-order valence-corrected chi connectivity index (χ2v) is 10.4. The summed E-state index contributed by atoms with van der Waals surface area (Å²) in [5.74, 6) is -0.596. The third-order valence-corrected chi connectivity index (χ3v) is 7.12. The summed E-state index contributed by atoms with van der Waals surface area (Å²) in [5, 5.41) is 10.9. The second-order valence-electron chi connectivity index (χ2n) is 10.4. The summed E-state index contributed by atoms with van der Waals surface area (Å²) in [7, 11) is 4.43. The number of aromatic hydroxyl groups is 1. The smallest absolute Gasteiger partial charge is 0.345 e. The molecule has 0 amide bonds. The molecular weight excluding hydrogens is 530 g/mol. The van der Waals surface area contributed by atoms with Gasteiger partial charge in [0.2, 0.25) is 0 Å². The van der Waals surface area contributed by atoms with E-state index in [1.54, 1.807) is 6.07 Å². The molecule has 0 unspecified atom stereocenters. The van der Waals surface area contributed by atoms with E-state index in [4.69, 9.17) is 14.2 Å². The molecule has 3 rings (SSSR count). The first-order valence-corrected chi connectivity index (χ1v) is 14.6. The van der Waals surface area contributed by atoms with Crippen LogP contribution in [0.5, 0.6) is 11.5 Å². The zero-order valence-corrected chi connectivity index (χ0v) is 25.2. The highest BCUT2D eigenvalue weighted by Gasteiger charge is 2.20. The van der Waals surface area contributed by atoms with Crippen LogP contribution in [0.4, 0.5) is 5.69 Å². The molecule has 7 nitrogen and oxygen atoms in total. The van der Waals surface area contributed by atoms with Gasteiger partial charge in [-0.2, -0.15) is 0 Å². The molecule has 1 N–H and O–H groups in total. The van der Waals surface area contributed by atoms with Gasteiger partial charge in [-0.3, -0.25) is 0 Å². The summed E-state index contributed by atoms with van der Waals surface area (Å²) in [5.41, 5.74) is 4.36. The van der Waals surface area contributed by atoms with E-state index in [1.807, 2.05) is 55.6 Å². The summed E-state index contributed by atoms with van der Waals surface area (Å²) in [6.07, 6.45) is 9.12. The highest BCUT2D eigenvalue weighted by atomic mass is 16.5. The average Bonchev–Trinajstić information content (AvgIpc) is 3.01. The minimum absolute atomic E-state index is 0.178. The van der Waals surface area contributed by atoms with Crippen molar-refractivity contribution in [1.29, 1.82) is 0 Å². The third-order valence-electron chi connectivity index (χ3n) is 7.12. The lowest BCUT2D eigenvalue weighted by atomic mass is 10.0. The van der Waals surface area contributed by atoms with Gasteiger partial charge in [-0.25, -0.2) is 9.59 Å². The molecule has 0 saturated heterocycles. The number of nitrogens with zero attached hydrogens (tertiary/aromatic N) is 1. The monoisotopic (exact) mass is 573 g/mol. The van der Waals surface area contributed by atoms with Crippen molar-refractivity contribution in [3.63, 3.8) is 0 Å². The van der Waals surface area contributed by atoms with Gasteiger partial charge in [-0.05, 0) is 47.4 Å². The van der Waals surface area contributed by atoms with E-state index in [2.05, 4.69) is 24.0 Å². The maximum absolute atomic E-state index is 12.0. The van der Waals surface area contributed by atoms with Crippen LogP contribution in [0.3, 0.4) is 0 Å². The summed E-state index contributed by atoms with van der Waals surface area (Å²) in [4.78, 5) is 26.1. The predicted molar refractivity (Wildman–Crippen MR) is 167 cm³/mol. The molecule has 0 atom stereocenters. The summed E-state index contributed by atoms with van der Waals surface area (Å²) in [6.45, 7) is 3.37. The number of anilines is 1. The van der Waals surface area contributed by atoms with Gasteiger partial charge in [0.05, 0.1) is 20.8 Å². The lowest BCUT2D eigenvalue weighted by Gasteiger charge is -2.23. The summed E-state index contributed by atoms with van der Waals surface area (Å²) in [6, 6.07) is 21.3. The molecule has 0 aliphatic heterocycles. The Morgan fingerprint density at radius 3 is 2.12 bits per heavy atom. The average molecular weight is 574 g/mol. The molecule has 0 bridgehead atoms. The van der Waals surface area contributed by atoms with Crippen molar-refractivity contribution in [1.82, 2.24) is 0 Å². The van der Waals surface area contributed by atoms with E-state index in [1.165, 1.54) is 46.0 Å². The molecule has 0 aromatic heterocycles. The van der Waals surface area contributed by atoms with E-state index in [-0.39, 0.29) is 11.3 Å². The van der Waals surface area contributed by atoms with E-state index < -0.39 is 11.9 Å². The number of ether oxygens (including phenoxy) is 3. The Morgan fingerprint density at radius 2 is 1.48 bits per heavy atom. The van der Waals surface area contributed by atoms with Crippen molar-refractivity contribution in [3.8, 4) is 11.5 Å². The molecule has 0 aliphatic rings. The summed E-state index contributed by atoms with van der Waals surface area (Å²) >= 11 is 0. The Balaban J connectivity index is 1.79. The van der Waals surface area contributed by atoms with Crippen LogP contribution in [0.1, 0.15) is 67.7 Å². The van der Waals surface area contributed by atoms with Crippen LogP contribution < -0.4 is 9.64 Å². The zero-order valence-electron chi connectivity index (χ0n) is 25.2. The number of methoxy groups -OCH3 is 2. The first-order valence-electron chi connectivity index (χ1n) is 14.6. The van der Waals surface area contributed by atoms with E-state index in [0.717, 1.165) is 35.2 Å². The van der Waals surface area contributed by atoms with Gasteiger partial charge in [0.1, 0.15) is 17.1 Å². The fourth-order valence-electron chi connectivity index (χ4n) is 4.70. The van der Waals surface area contributed by atoms with Crippen LogP contribution in [-0.2, 0) is 32.0 Å². The van der Waals surface area contributed by atoms with Gasteiger partial charge in [0, 0.05) is 37.3 Å². The SMILES string of the molecule is CCCCCCCCOc1cc(O)c(Cc2ccccc2)cc1CN(C)c1ccc(C=C(C(=O)OC)C(=O)OC)cc1. The number of carbonyl (C=O) groups excluding carboxylic acids is 2. The van der Waals surface area contributed by atoms with Gasteiger partial charge < -0.3 is 24.2 Å². The molecular formula is C35H43NO6. The first-order chi connectivity index (χ1) is 20.4. The van der Waals surface area contributed by atoms with Gasteiger partial charge >= 0.3 is 11.9 Å². The molecule has 224 valence electrons. The van der Waals surface area contributed by atoms with Gasteiger partial charge in [-0.1, -0.05) is 81.5 Å². The Labute approximate surface area is 249 Å². The normalized spacial score (nSPS) is 10.6. The second kappa shape index (κ2) is 16.9. The number of esters is 2. The van der Waals surface area contributed by atoms with Crippen molar-refractivity contribution >= 4 is 23.7 Å². The molecule has 0 spiro atoms. The summed E-state index contributed by atoms with van der Waals surface area (Å²) < 4.78 is 15.6. The van der Waals surface area contributed by atoms with E-state index in [0.29, 0.717) is 30.9 Å². The quantitative estimate of drug-likeness (QED) is 0.0644. The number of rotatable bonds is 16. The van der Waals surface area contributed by atoms with Crippen molar-refractivity contribution in [2.75, 3.05) is 32.8 Å². The first kappa shape index (κ1) is 32.3. The van der Waals surface area contributed by atoms with Crippen LogP contribution in [0.15, 0.2) is 72.3 Å². The van der Waals surface area contributed by atoms with Crippen LogP contribution in [-0.4, -0.2) is 44.9 Å². The molecule has 42 heavy (non-hydrogen) atoms. The number of unbranched alkanes of at least 4 members (excludes halogenated alkanes) is 5. The largest absolute Gasteiger partial charge is 0.508 e. The number of carbonyl (C=O) groups is 2. The van der Waals surface area contributed by atoms with Crippen LogP contribution in [0, 0.1) is 0 Å². The van der Waals surface area contributed by atoms with Crippen molar-refractivity contribution in [3.05, 3.63) is 94.6 Å². The Hall–Kier alpha value is -4.26. The predicted octanol–water partition coefficient (Wildman–Crippen LogP) is 7.09. The Bertz CT molecular complexity index is 1300.